The fourth-order valence-corrected chi connectivity index (χ4v) is 1.57. The lowest BCUT2D eigenvalue weighted by atomic mass is 10.3. The molecule has 0 aliphatic carbocycles. The van der Waals surface area contributed by atoms with Gasteiger partial charge < -0.3 is 5.73 Å². The van der Waals surface area contributed by atoms with Crippen molar-refractivity contribution in [3.63, 3.8) is 0 Å². The van der Waals surface area contributed by atoms with Crippen molar-refractivity contribution >= 4 is 11.8 Å². The molecule has 0 saturated carbocycles. The van der Waals surface area contributed by atoms with Gasteiger partial charge in [-0.25, -0.2) is 0 Å². The summed E-state index contributed by atoms with van der Waals surface area (Å²) in [5, 5.41) is 0.776. The molecule has 0 aromatic heterocycles. The van der Waals surface area contributed by atoms with Gasteiger partial charge in [-0.15, -0.1) is 0 Å². The van der Waals surface area contributed by atoms with Crippen molar-refractivity contribution in [3.8, 4) is 0 Å². The van der Waals surface area contributed by atoms with Gasteiger partial charge in [0.25, 0.3) is 0 Å². The lowest BCUT2D eigenvalue weighted by Gasteiger charge is -2.11. The molecule has 0 rings (SSSR count). The molecule has 0 aliphatic rings. The predicted octanol–water partition coefficient (Wildman–Crippen LogP) is 2.26. The minimum absolute atomic E-state index is 0.402. The number of nitrogens with two attached hydrogens (primary N) is 1. The van der Waals surface area contributed by atoms with Crippen LogP contribution in [0.3, 0.4) is 0 Å². The van der Waals surface area contributed by atoms with Crippen LogP contribution in [-0.2, 0) is 0 Å². The van der Waals surface area contributed by atoms with Crippen molar-refractivity contribution in [1.29, 1.82) is 0 Å². The van der Waals surface area contributed by atoms with Crippen LogP contribution in [0.4, 0.5) is 0 Å². The molecule has 1 nitrogen and oxygen atoms in total. The topological polar surface area (TPSA) is 26.0 Å². The van der Waals surface area contributed by atoms with Crippen LogP contribution in [0.25, 0.3) is 0 Å². The van der Waals surface area contributed by atoms with Crippen molar-refractivity contribution in [1.82, 2.24) is 0 Å². The van der Waals surface area contributed by atoms with Gasteiger partial charge in [-0.3, -0.25) is 0 Å². The van der Waals surface area contributed by atoms with E-state index < -0.39 is 0 Å². The Morgan fingerprint density at radius 1 is 1.30 bits per heavy atom. The molecule has 62 valence electrons. The van der Waals surface area contributed by atoms with Gasteiger partial charge in [-0.2, -0.15) is 11.8 Å². The second-order valence-corrected chi connectivity index (χ2v) is 4.19. The largest absolute Gasteiger partial charge is 0.327 e. The average molecular weight is 161 g/mol. The third-order valence-corrected chi connectivity index (χ3v) is 3.22. The molecule has 0 spiro atoms. The molecular weight excluding hydrogens is 142 g/mol. The Hall–Kier alpha value is 0.310. The van der Waals surface area contributed by atoms with E-state index in [1.54, 1.807) is 0 Å². The highest BCUT2D eigenvalue weighted by Crippen LogP contribution is 2.14. The second-order valence-electron chi connectivity index (χ2n) is 2.72. The molecule has 0 amide bonds. The maximum absolute atomic E-state index is 5.76. The Bertz CT molecular complexity index is 65.7. The fraction of sp³-hybridized carbons (Fsp3) is 1.00. The van der Waals surface area contributed by atoms with Gasteiger partial charge in [0, 0.05) is 17.0 Å². The van der Waals surface area contributed by atoms with E-state index in [9.17, 15) is 0 Å². The predicted molar refractivity (Wildman–Crippen MR) is 50.5 cm³/mol. The molecule has 0 heterocycles. The molecule has 0 radical (unpaired) electrons. The normalized spacial score (nSPS) is 16.8. The summed E-state index contributed by atoms with van der Waals surface area (Å²) in [4.78, 5) is 0. The first-order valence-corrected chi connectivity index (χ1v) is 5.12. The van der Waals surface area contributed by atoms with Gasteiger partial charge in [0.2, 0.25) is 0 Å². The van der Waals surface area contributed by atoms with E-state index in [1.165, 1.54) is 6.42 Å². The van der Waals surface area contributed by atoms with Gasteiger partial charge in [-0.1, -0.05) is 20.8 Å². The molecular formula is C8H19NS. The van der Waals surface area contributed by atoms with E-state index in [2.05, 4.69) is 20.8 Å². The lowest BCUT2D eigenvalue weighted by Crippen LogP contribution is -2.22. The van der Waals surface area contributed by atoms with E-state index in [0.717, 1.165) is 17.4 Å². The molecule has 0 aromatic rings. The molecule has 0 saturated heterocycles. The molecule has 0 bridgehead atoms. The molecule has 0 aromatic carbocycles. The third-order valence-electron chi connectivity index (χ3n) is 1.69. The van der Waals surface area contributed by atoms with Gasteiger partial charge in [-0.05, 0) is 12.8 Å². The summed E-state index contributed by atoms with van der Waals surface area (Å²) in [6.07, 6.45) is 2.35. The maximum atomic E-state index is 5.76. The summed E-state index contributed by atoms with van der Waals surface area (Å²) in [6, 6.07) is 0.402. The first-order chi connectivity index (χ1) is 4.70. The number of hydrogen-bond acceptors (Lipinski definition) is 2. The van der Waals surface area contributed by atoms with Crippen LogP contribution in [0.15, 0.2) is 0 Å². The summed E-state index contributed by atoms with van der Waals surface area (Å²) >= 11 is 1.98. The van der Waals surface area contributed by atoms with Crippen LogP contribution in [0.5, 0.6) is 0 Å². The first-order valence-electron chi connectivity index (χ1n) is 4.07. The van der Waals surface area contributed by atoms with Crippen molar-refractivity contribution in [2.24, 2.45) is 5.73 Å². The zero-order chi connectivity index (χ0) is 7.98. The molecule has 0 aliphatic heterocycles. The first kappa shape index (κ1) is 10.3. The SMILES string of the molecule is CCC(N)CSC(C)CC. The van der Waals surface area contributed by atoms with Crippen molar-refractivity contribution in [3.05, 3.63) is 0 Å². The fourth-order valence-electron chi connectivity index (χ4n) is 0.524. The summed E-state index contributed by atoms with van der Waals surface area (Å²) in [7, 11) is 0. The Labute approximate surface area is 68.8 Å². The van der Waals surface area contributed by atoms with Gasteiger partial charge in [0.15, 0.2) is 0 Å². The molecule has 2 heteroatoms. The molecule has 10 heavy (non-hydrogen) atoms. The third kappa shape index (κ3) is 5.12. The molecule has 2 N–H and O–H groups in total. The van der Waals surface area contributed by atoms with E-state index in [4.69, 9.17) is 5.73 Å². The summed E-state index contributed by atoms with van der Waals surface area (Å²) in [5.74, 6) is 1.12. The van der Waals surface area contributed by atoms with E-state index in [0.29, 0.717) is 6.04 Å². The van der Waals surface area contributed by atoms with Crippen molar-refractivity contribution in [2.45, 2.75) is 44.9 Å². The highest BCUT2D eigenvalue weighted by molar-refractivity contribution is 7.99. The minimum atomic E-state index is 0.402. The van der Waals surface area contributed by atoms with Gasteiger partial charge in [0.05, 0.1) is 0 Å². The van der Waals surface area contributed by atoms with E-state index in [-0.39, 0.29) is 0 Å². The molecule has 2 atom stereocenters. The highest BCUT2D eigenvalue weighted by Gasteiger charge is 2.02. The summed E-state index contributed by atoms with van der Waals surface area (Å²) < 4.78 is 0. The number of hydrogen-bond donors (Lipinski definition) is 1. The monoisotopic (exact) mass is 161 g/mol. The zero-order valence-electron chi connectivity index (χ0n) is 7.26. The summed E-state index contributed by atoms with van der Waals surface area (Å²) in [6.45, 7) is 6.62. The smallest absolute Gasteiger partial charge is 0.0127 e. The van der Waals surface area contributed by atoms with E-state index in [1.807, 2.05) is 11.8 Å². The minimum Gasteiger partial charge on any atom is -0.327 e. The summed E-state index contributed by atoms with van der Waals surface area (Å²) in [5.41, 5.74) is 5.76. The highest BCUT2D eigenvalue weighted by atomic mass is 32.2. The molecule has 0 fully saturated rings. The van der Waals surface area contributed by atoms with Gasteiger partial charge >= 0.3 is 0 Å². The number of rotatable bonds is 5. The van der Waals surface area contributed by atoms with Crippen LogP contribution in [0, 0.1) is 0 Å². The number of thioether (sulfide) groups is 1. The maximum Gasteiger partial charge on any atom is 0.0127 e. The Balaban J connectivity index is 3.17. The standard InChI is InChI=1S/C8H19NS/c1-4-7(3)10-6-8(9)5-2/h7-8H,4-6,9H2,1-3H3. The van der Waals surface area contributed by atoms with E-state index >= 15 is 0 Å². The quantitative estimate of drug-likeness (QED) is 0.669. The second kappa shape index (κ2) is 6.05. The van der Waals surface area contributed by atoms with Crippen LogP contribution in [0.1, 0.15) is 33.6 Å². The van der Waals surface area contributed by atoms with Crippen molar-refractivity contribution < 1.29 is 0 Å². The van der Waals surface area contributed by atoms with Crippen LogP contribution >= 0.6 is 11.8 Å². The van der Waals surface area contributed by atoms with Crippen LogP contribution < -0.4 is 5.73 Å². The average Bonchev–Trinajstić information content (AvgIpc) is 1.99. The van der Waals surface area contributed by atoms with Gasteiger partial charge in [0.1, 0.15) is 0 Å². The zero-order valence-corrected chi connectivity index (χ0v) is 8.08. The Morgan fingerprint density at radius 3 is 2.30 bits per heavy atom. The van der Waals surface area contributed by atoms with Crippen LogP contribution in [0.2, 0.25) is 0 Å². The Kier molecular flexibility index (Phi) is 6.24. The lowest BCUT2D eigenvalue weighted by molar-refractivity contribution is 0.722. The molecule has 2 unspecified atom stereocenters. The van der Waals surface area contributed by atoms with Crippen molar-refractivity contribution in [2.75, 3.05) is 5.75 Å². The van der Waals surface area contributed by atoms with Crippen LogP contribution in [-0.4, -0.2) is 17.0 Å². The Morgan fingerprint density at radius 2 is 1.90 bits per heavy atom.